The molecule has 0 spiro atoms. The molecule has 0 amide bonds. The summed E-state index contributed by atoms with van der Waals surface area (Å²) >= 11 is 3.26. The zero-order valence-corrected chi connectivity index (χ0v) is 16.3. The first-order valence-corrected chi connectivity index (χ1v) is 9.53. The summed E-state index contributed by atoms with van der Waals surface area (Å²) in [4.78, 5) is 17.9. The minimum Gasteiger partial charge on any atom is -0.448 e. The summed E-state index contributed by atoms with van der Waals surface area (Å²) in [6.07, 6.45) is 1.57. The predicted molar refractivity (Wildman–Crippen MR) is 104 cm³/mol. The van der Waals surface area contributed by atoms with Crippen LogP contribution in [0.3, 0.4) is 0 Å². The topological polar surface area (TPSA) is 101 Å². The number of rotatable bonds is 5. The molecule has 0 unspecified atom stereocenters. The van der Waals surface area contributed by atoms with Crippen LogP contribution in [0.5, 0.6) is 0 Å². The molecule has 0 bridgehead atoms. The average Bonchev–Trinajstić information content (AvgIpc) is 3.14. The van der Waals surface area contributed by atoms with Crippen LogP contribution in [0.1, 0.15) is 5.76 Å². The highest BCUT2D eigenvalue weighted by Crippen LogP contribution is 2.19. The minimum atomic E-state index is 0.384. The maximum atomic E-state index is 5.42. The molecule has 4 rings (SSSR count). The van der Waals surface area contributed by atoms with Gasteiger partial charge in [-0.3, -0.25) is 0 Å². The molecule has 0 atom stereocenters. The van der Waals surface area contributed by atoms with Crippen LogP contribution in [0.15, 0.2) is 26.3 Å². The third kappa shape index (κ3) is 4.73. The van der Waals surface area contributed by atoms with Crippen molar-refractivity contribution < 1.29 is 13.9 Å². The van der Waals surface area contributed by atoms with Gasteiger partial charge in [0.05, 0.1) is 32.6 Å². The second kappa shape index (κ2) is 8.63. The van der Waals surface area contributed by atoms with Gasteiger partial charge in [-0.2, -0.15) is 20.1 Å². The molecule has 27 heavy (non-hydrogen) atoms. The lowest BCUT2D eigenvalue weighted by Crippen LogP contribution is -2.40. The lowest BCUT2D eigenvalue weighted by atomic mass is 10.4. The van der Waals surface area contributed by atoms with Crippen LogP contribution < -0.4 is 15.2 Å². The van der Waals surface area contributed by atoms with Gasteiger partial charge in [0.15, 0.2) is 4.67 Å². The van der Waals surface area contributed by atoms with Crippen molar-refractivity contribution in [3.63, 3.8) is 0 Å². The second-order valence-electron chi connectivity index (χ2n) is 5.97. The van der Waals surface area contributed by atoms with E-state index in [0.29, 0.717) is 54.7 Å². The van der Waals surface area contributed by atoms with Crippen molar-refractivity contribution in [2.75, 3.05) is 67.8 Å². The Bertz CT molecular complexity index is 752. The van der Waals surface area contributed by atoms with Gasteiger partial charge in [0.1, 0.15) is 5.76 Å². The maximum absolute atomic E-state index is 5.42. The van der Waals surface area contributed by atoms with E-state index in [4.69, 9.17) is 13.9 Å². The van der Waals surface area contributed by atoms with E-state index in [-0.39, 0.29) is 0 Å². The van der Waals surface area contributed by atoms with Gasteiger partial charge in [0.25, 0.3) is 0 Å². The van der Waals surface area contributed by atoms with Crippen LogP contribution >= 0.6 is 15.9 Å². The van der Waals surface area contributed by atoms with Gasteiger partial charge in [0, 0.05) is 26.2 Å². The predicted octanol–water partition coefficient (Wildman–Crippen LogP) is 1.35. The Morgan fingerprint density at radius 2 is 1.52 bits per heavy atom. The smallest absolute Gasteiger partial charge is 0.250 e. The molecule has 4 heterocycles. The Hall–Kier alpha value is -2.24. The van der Waals surface area contributed by atoms with Crippen molar-refractivity contribution in [1.82, 2.24) is 15.0 Å². The van der Waals surface area contributed by atoms with Crippen LogP contribution in [-0.4, -0.2) is 73.8 Å². The van der Waals surface area contributed by atoms with E-state index in [2.05, 4.69) is 51.2 Å². The zero-order chi connectivity index (χ0) is 18.5. The largest absolute Gasteiger partial charge is 0.448 e. The van der Waals surface area contributed by atoms with Gasteiger partial charge in [-0.25, -0.2) is 5.43 Å². The Balaban J connectivity index is 1.55. The summed E-state index contributed by atoms with van der Waals surface area (Å²) in [5, 5.41) is 4.17. The van der Waals surface area contributed by atoms with Gasteiger partial charge < -0.3 is 23.7 Å². The molecule has 2 aliphatic rings. The summed E-state index contributed by atoms with van der Waals surface area (Å²) in [5.41, 5.74) is 2.88. The highest BCUT2D eigenvalue weighted by atomic mass is 79.9. The van der Waals surface area contributed by atoms with Gasteiger partial charge in [-0.15, -0.1) is 0 Å². The Labute approximate surface area is 164 Å². The molecule has 2 saturated heterocycles. The molecule has 11 heteroatoms. The molecule has 0 aromatic carbocycles. The summed E-state index contributed by atoms with van der Waals surface area (Å²) in [6, 6.07) is 3.61. The monoisotopic (exact) mass is 437 g/mol. The number of hydrogen-bond acceptors (Lipinski definition) is 10. The number of ether oxygens (including phenoxy) is 2. The molecule has 2 aromatic rings. The van der Waals surface area contributed by atoms with Crippen LogP contribution in [0.2, 0.25) is 0 Å². The highest BCUT2D eigenvalue weighted by molar-refractivity contribution is 9.10. The van der Waals surface area contributed by atoms with Crippen LogP contribution in [-0.2, 0) is 9.47 Å². The van der Waals surface area contributed by atoms with E-state index in [9.17, 15) is 0 Å². The fourth-order valence-corrected chi connectivity index (χ4v) is 3.08. The average molecular weight is 438 g/mol. The number of hydrogen-bond donors (Lipinski definition) is 1. The third-order valence-corrected chi connectivity index (χ3v) is 4.58. The van der Waals surface area contributed by atoms with Crippen molar-refractivity contribution in [3.05, 3.63) is 22.6 Å². The molecule has 2 aromatic heterocycles. The summed E-state index contributed by atoms with van der Waals surface area (Å²) in [6.45, 7) is 5.62. The van der Waals surface area contributed by atoms with E-state index in [1.807, 2.05) is 0 Å². The molecular formula is C16H20BrN7O3. The summed E-state index contributed by atoms with van der Waals surface area (Å²) in [5.74, 6) is 2.24. The van der Waals surface area contributed by atoms with Crippen molar-refractivity contribution >= 4 is 40.0 Å². The van der Waals surface area contributed by atoms with E-state index >= 15 is 0 Å². The first-order valence-electron chi connectivity index (χ1n) is 8.74. The van der Waals surface area contributed by atoms with Gasteiger partial charge in [0.2, 0.25) is 17.8 Å². The number of morpholine rings is 2. The molecule has 0 saturated carbocycles. The lowest BCUT2D eigenvalue weighted by molar-refractivity contribution is 0.121. The van der Waals surface area contributed by atoms with E-state index in [1.54, 1.807) is 18.3 Å². The van der Waals surface area contributed by atoms with Crippen LogP contribution in [0.25, 0.3) is 0 Å². The molecule has 2 fully saturated rings. The Kier molecular flexibility index (Phi) is 5.80. The third-order valence-electron chi connectivity index (χ3n) is 4.15. The van der Waals surface area contributed by atoms with Crippen molar-refractivity contribution in [2.24, 2.45) is 5.10 Å². The van der Waals surface area contributed by atoms with Crippen molar-refractivity contribution in [3.8, 4) is 0 Å². The molecule has 0 aliphatic carbocycles. The SMILES string of the molecule is Brc1ccc(/C=N\Nc2nc(N3CCOCC3)nc(N3CCOCC3)n2)o1. The normalized spacial score (nSPS) is 18.3. The molecular weight excluding hydrogens is 418 g/mol. The van der Waals surface area contributed by atoms with Crippen molar-refractivity contribution in [2.45, 2.75) is 0 Å². The van der Waals surface area contributed by atoms with Crippen LogP contribution in [0.4, 0.5) is 17.8 Å². The standard InChI is InChI=1S/C16H20BrN7O3/c17-13-2-1-12(27-13)11-18-22-14-19-15(23-3-7-25-8-4-23)21-16(20-14)24-5-9-26-10-6-24/h1-2,11H,3-10H2,(H,19,20,21,22)/b18-11-. The van der Waals surface area contributed by atoms with Crippen molar-refractivity contribution in [1.29, 1.82) is 0 Å². The molecule has 10 nitrogen and oxygen atoms in total. The molecule has 144 valence electrons. The summed E-state index contributed by atoms with van der Waals surface area (Å²) < 4.78 is 16.9. The lowest BCUT2D eigenvalue weighted by Gasteiger charge is -2.30. The van der Waals surface area contributed by atoms with Gasteiger partial charge in [-0.1, -0.05) is 0 Å². The number of nitrogens with zero attached hydrogens (tertiary/aromatic N) is 6. The molecule has 1 N–H and O–H groups in total. The quantitative estimate of drug-likeness (QED) is 0.548. The molecule has 2 aliphatic heterocycles. The Morgan fingerprint density at radius 1 is 0.926 bits per heavy atom. The van der Waals surface area contributed by atoms with E-state index in [1.165, 1.54) is 0 Å². The number of furan rings is 1. The molecule has 0 radical (unpaired) electrons. The van der Waals surface area contributed by atoms with Gasteiger partial charge >= 0.3 is 0 Å². The number of anilines is 3. The number of hydrazone groups is 1. The maximum Gasteiger partial charge on any atom is 0.250 e. The fraction of sp³-hybridized carbons (Fsp3) is 0.500. The number of nitrogens with one attached hydrogen (secondary N) is 1. The number of halogens is 1. The highest BCUT2D eigenvalue weighted by Gasteiger charge is 2.20. The first kappa shape index (κ1) is 18.1. The summed E-state index contributed by atoms with van der Waals surface area (Å²) in [7, 11) is 0. The zero-order valence-electron chi connectivity index (χ0n) is 14.7. The number of aromatic nitrogens is 3. The fourth-order valence-electron chi connectivity index (χ4n) is 2.76. The van der Waals surface area contributed by atoms with E-state index in [0.717, 1.165) is 26.2 Å². The van der Waals surface area contributed by atoms with E-state index < -0.39 is 0 Å². The minimum absolute atomic E-state index is 0.384. The van der Waals surface area contributed by atoms with Gasteiger partial charge in [-0.05, 0) is 28.1 Å². The first-order chi connectivity index (χ1) is 13.3. The van der Waals surface area contributed by atoms with Crippen LogP contribution in [0, 0.1) is 0 Å². The Morgan fingerprint density at radius 3 is 2.04 bits per heavy atom. The second-order valence-corrected chi connectivity index (χ2v) is 6.75.